The fourth-order valence-corrected chi connectivity index (χ4v) is 2.87. The lowest BCUT2D eigenvalue weighted by molar-refractivity contribution is -0.107. The van der Waals surface area contributed by atoms with Crippen LogP contribution in [0.3, 0.4) is 0 Å². The lowest BCUT2D eigenvalue weighted by Gasteiger charge is -2.11. The smallest absolute Gasteiger partial charge is 0.245 e. The summed E-state index contributed by atoms with van der Waals surface area (Å²) in [6.07, 6.45) is 2.86. The van der Waals surface area contributed by atoms with Gasteiger partial charge in [0.25, 0.3) is 0 Å². The SMILES string of the molecule is Cc1ccc(COc2c(Cl)cc(/C=C/C(=O)Cl)cc2Br)cc1. The fourth-order valence-electron chi connectivity index (χ4n) is 1.82. The van der Waals surface area contributed by atoms with Gasteiger partial charge in [0.15, 0.2) is 5.75 Å². The highest BCUT2D eigenvalue weighted by Gasteiger charge is 2.09. The predicted octanol–water partition coefficient (Wildman–Crippen LogP) is 5.77. The van der Waals surface area contributed by atoms with E-state index >= 15 is 0 Å². The monoisotopic (exact) mass is 398 g/mol. The normalized spacial score (nSPS) is 10.9. The maximum atomic E-state index is 10.7. The van der Waals surface area contributed by atoms with Crippen LogP contribution in [0.4, 0.5) is 0 Å². The summed E-state index contributed by atoms with van der Waals surface area (Å²) in [4.78, 5) is 10.7. The number of rotatable bonds is 5. The van der Waals surface area contributed by atoms with E-state index in [1.165, 1.54) is 11.6 Å². The summed E-state index contributed by atoms with van der Waals surface area (Å²) >= 11 is 14.9. The molecule has 5 heteroatoms. The number of allylic oxidation sites excluding steroid dienone is 1. The van der Waals surface area contributed by atoms with Gasteiger partial charge in [-0.25, -0.2) is 0 Å². The maximum absolute atomic E-state index is 10.7. The van der Waals surface area contributed by atoms with Gasteiger partial charge in [-0.05, 0) is 63.8 Å². The van der Waals surface area contributed by atoms with E-state index in [1.54, 1.807) is 12.1 Å². The van der Waals surface area contributed by atoms with Gasteiger partial charge in [-0.3, -0.25) is 4.79 Å². The summed E-state index contributed by atoms with van der Waals surface area (Å²) in [7, 11) is 0. The minimum atomic E-state index is -0.535. The fraction of sp³-hybridized carbons (Fsp3) is 0.118. The maximum Gasteiger partial charge on any atom is 0.245 e. The Kier molecular flexibility index (Phi) is 6.07. The molecule has 0 amide bonds. The van der Waals surface area contributed by atoms with Gasteiger partial charge in [-0.2, -0.15) is 0 Å². The predicted molar refractivity (Wildman–Crippen MR) is 94.6 cm³/mol. The molecule has 0 N–H and O–H groups in total. The van der Waals surface area contributed by atoms with Crippen molar-refractivity contribution < 1.29 is 9.53 Å². The van der Waals surface area contributed by atoms with Crippen LogP contribution in [0.1, 0.15) is 16.7 Å². The van der Waals surface area contributed by atoms with E-state index in [0.29, 0.717) is 21.9 Å². The molecule has 0 saturated heterocycles. The molecule has 0 saturated carbocycles. The molecule has 0 heterocycles. The molecule has 0 bridgehead atoms. The molecule has 114 valence electrons. The highest BCUT2D eigenvalue weighted by Crippen LogP contribution is 2.35. The van der Waals surface area contributed by atoms with Crippen molar-refractivity contribution in [3.05, 3.63) is 68.7 Å². The molecule has 0 aliphatic rings. The summed E-state index contributed by atoms with van der Waals surface area (Å²) in [6.45, 7) is 2.46. The molecule has 0 atom stereocenters. The molecular weight excluding hydrogens is 387 g/mol. The van der Waals surface area contributed by atoms with Crippen LogP contribution >= 0.6 is 39.1 Å². The van der Waals surface area contributed by atoms with Crippen LogP contribution < -0.4 is 4.74 Å². The third-order valence-corrected chi connectivity index (χ3v) is 3.93. The average Bonchev–Trinajstić information content (AvgIpc) is 2.46. The Morgan fingerprint density at radius 1 is 1.27 bits per heavy atom. The lowest BCUT2D eigenvalue weighted by atomic mass is 10.1. The minimum absolute atomic E-state index is 0.425. The minimum Gasteiger partial charge on any atom is -0.486 e. The van der Waals surface area contributed by atoms with Crippen LogP contribution in [0.2, 0.25) is 5.02 Å². The van der Waals surface area contributed by atoms with Gasteiger partial charge in [0.1, 0.15) is 6.61 Å². The molecule has 0 fully saturated rings. The van der Waals surface area contributed by atoms with E-state index in [4.69, 9.17) is 27.9 Å². The molecule has 2 aromatic rings. The summed E-state index contributed by atoms with van der Waals surface area (Å²) in [5, 5.41) is -0.0740. The van der Waals surface area contributed by atoms with E-state index in [0.717, 1.165) is 11.1 Å². The van der Waals surface area contributed by atoms with E-state index in [9.17, 15) is 4.79 Å². The van der Waals surface area contributed by atoms with Gasteiger partial charge in [0, 0.05) is 0 Å². The van der Waals surface area contributed by atoms with Gasteiger partial charge in [-0.15, -0.1) is 0 Å². The molecule has 0 aromatic heterocycles. The first kappa shape index (κ1) is 17.1. The number of halogens is 3. The quantitative estimate of drug-likeness (QED) is 0.471. The Morgan fingerprint density at radius 3 is 2.55 bits per heavy atom. The summed E-state index contributed by atoms with van der Waals surface area (Å²) in [5.74, 6) is 0.566. The van der Waals surface area contributed by atoms with E-state index in [2.05, 4.69) is 15.9 Å². The molecule has 0 aliphatic carbocycles. The highest BCUT2D eigenvalue weighted by atomic mass is 79.9. The van der Waals surface area contributed by atoms with E-state index in [-0.39, 0.29) is 0 Å². The zero-order valence-corrected chi connectivity index (χ0v) is 14.9. The number of benzene rings is 2. The Labute approximate surface area is 147 Å². The first-order chi connectivity index (χ1) is 10.5. The van der Waals surface area contributed by atoms with Crippen molar-refractivity contribution in [2.75, 3.05) is 0 Å². The van der Waals surface area contributed by atoms with Crippen molar-refractivity contribution in [3.63, 3.8) is 0 Å². The second-order valence-electron chi connectivity index (χ2n) is 4.73. The van der Waals surface area contributed by atoms with E-state index < -0.39 is 5.24 Å². The number of hydrogen-bond donors (Lipinski definition) is 0. The zero-order valence-electron chi connectivity index (χ0n) is 11.8. The van der Waals surface area contributed by atoms with Crippen LogP contribution in [-0.4, -0.2) is 5.24 Å². The van der Waals surface area contributed by atoms with Gasteiger partial charge in [-0.1, -0.05) is 47.5 Å². The third-order valence-electron chi connectivity index (χ3n) is 2.93. The summed E-state index contributed by atoms with van der Waals surface area (Å²) in [5.41, 5.74) is 3.02. The number of aryl methyl sites for hydroxylation is 1. The molecular formula is C17H13BrCl2O2. The summed E-state index contributed by atoms with van der Waals surface area (Å²) < 4.78 is 6.49. The Morgan fingerprint density at radius 2 is 1.95 bits per heavy atom. The third kappa shape index (κ3) is 4.87. The van der Waals surface area contributed by atoms with Crippen LogP contribution in [0, 0.1) is 6.92 Å². The van der Waals surface area contributed by atoms with Crippen LogP contribution in [0.25, 0.3) is 6.08 Å². The van der Waals surface area contributed by atoms with Crippen molar-refractivity contribution in [1.29, 1.82) is 0 Å². The Bertz CT molecular complexity index is 686. The van der Waals surface area contributed by atoms with Crippen molar-refractivity contribution >= 4 is 50.5 Å². The molecule has 2 rings (SSSR count). The Balaban J connectivity index is 2.14. The number of hydrogen-bond acceptors (Lipinski definition) is 2. The van der Waals surface area contributed by atoms with Crippen molar-refractivity contribution in [3.8, 4) is 5.75 Å². The van der Waals surface area contributed by atoms with Gasteiger partial charge in [0.2, 0.25) is 5.24 Å². The number of carbonyl (C=O) groups is 1. The second-order valence-corrected chi connectivity index (χ2v) is 6.36. The van der Waals surface area contributed by atoms with Gasteiger partial charge < -0.3 is 4.74 Å². The lowest BCUT2D eigenvalue weighted by Crippen LogP contribution is -1.97. The highest BCUT2D eigenvalue weighted by molar-refractivity contribution is 9.10. The van der Waals surface area contributed by atoms with Crippen LogP contribution in [-0.2, 0) is 11.4 Å². The Hall–Kier alpha value is -1.29. The number of carbonyl (C=O) groups excluding carboxylic acids is 1. The summed E-state index contributed by atoms with van der Waals surface area (Å²) in [6, 6.07) is 11.6. The molecule has 22 heavy (non-hydrogen) atoms. The molecule has 2 nitrogen and oxygen atoms in total. The van der Waals surface area contributed by atoms with Crippen molar-refractivity contribution in [1.82, 2.24) is 0 Å². The molecule has 0 unspecified atom stereocenters. The molecule has 0 spiro atoms. The molecule has 0 radical (unpaired) electrons. The van der Waals surface area contributed by atoms with Crippen LogP contribution in [0.15, 0.2) is 46.9 Å². The van der Waals surface area contributed by atoms with Gasteiger partial charge in [0.05, 0.1) is 9.50 Å². The standard InChI is InChI=1S/C17H13BrCl2O2/c1-11-2-4-12(5-3-11)10-22-17-14(18)8-13(9-15(17)19)6-7-16(20)21/h2-9H,10H2,1H3/b7-6+. The van der Waals surface area contributed by atoms with Crippen molar-refractivity contribution in [2.45, 2.75) is 13.5 Å². The van der Waals surface area contributed by atoms with Crippen LogP contribution in [0.5, 0.6) is 5.75 Å². The van der Waals surface area contributed by atoms with Gasteiger partial charge >= 0.3 is 0 Å². The topological polar surface area (TPSA) is 26.3 Å². The average molecular weight is 400 g/mol. The molecule has 0 aliphatic heterocycles. The second kappa shape index (κ2) is 7.82. The first-order valence-corrected chi connectivity index (χ1v) is 8.05. The number of ether oxygens (including phenoxy) is 1. The molecule has 2 aromatic carbocycles. The van der Waals surface area contributed by atoms with E-state index in [1.807, 2.05) is 37.3 Å². The zero-order chi connectivity index (χ0) is 16.1. The first-order valence-electron chi connectivity index (χ1n) is 6.50. The largest absolute Gasteiger partial charge is 0.486 e. The van der Waals surface area contributed by atoms with Crippen molar-refractivity contribution in [2.24, 2.45) is 0 Å².